The van der Waals surface area contributed by atoms with Crippen LogP contribution in [0.15, 0.2) is 28.9 Å². The minimum absolute atomic E-state index is 0.153. The van der Waals surface area contributed by atoms with Crippen LogP contribution in [0.3, 0.4) is 0 Å². The van der Waals surface area contributed by atoms with Crippen molar-refractivity contribution in [1.29, 1.82) is 0 Å². The Balaban J connectivity index is 1.79. The Morgan fingerprint density at radius 1 is 1.35 bits per heavy atom. The van der Waals surface area contributed by atoms with Crippen molar-refractivity contribution in [3.63, 3.8) is 0 Å². The summed E-state index contributed by atoms with van der Waals surface area (Å²) in [6.45, 7) is 0.728. The Morgan fingerprint density at radius 3 is 2.69 bits per heavy atom. The van der Waals surface area contributed by atoms with Gasteiger partial charge >= 0.3 is 5.82 Å². The number of halogens is 1. The smallest absolute Gasteiger partial charge is 0.404 e. The summed E-state index contributed by atoms with van der Waals surface area (Å²) >= 11 is 3.07. The van der Waals surface area contributed by atoms with E-state index in [0.29, 0.717) is 24.5 Å². The molecule has 1 heterocycles. The van der Waals surface area contributed by atoms with E-state index in [-0.39, 0.29) is 29.2 Å². The van der Waals surface area contributed by atoms with Crippen molar-refractivity contribution in [1.82, 2.24) is 15.1 Å². The second-order valence-electron chi connectivity index (χ2n) is 5.36. The molecule has 0 fully saturated rings. The molecule has 0 bridgehead atoms. The lowest BCUT2D eigenvalue weighted by Gasteiger charge is -2.10. The van der Waals surface area contributed by atoms with E-state index in [1.165, 1.54) is 10.9 Å². The molecule has 10 heteroatoms. The van der Waals surface area contributed by atoms with Gasteiger partial charge in [0.15, 0.2) is 11.5 Å². The fraction of sp³-hybridized carbons (Fsp3) is 0.375. The lowest BCUT2D eigenvalue weighted by Crippen LogP contribution is -2.26. The van der Waals surface area contributed by atoms with Gasteiger partial charge in [-0.1, -0.05) is 6.07 Å². The van der Waals surface area contributed by atoms with Crippen molar-refractivity contribution in [2.24, 2.45) is 0 Å². The third-order valence-corrected chi connectivity index (χ3v) is 4.18. The van der Waals surface area contributed by atoms with Gasteiger partial charge in [0, 0.05) is 13.0 Å². The Hall–Kier alpha value is -2.62. The Labute approximate surface area is 158 Å². The number of methoxy groups -OCH3 is 2. The molecule has 1 aromatic carbocycles. The van der Waals surface area contributed by atoms with Crippen molar-refractivity contribution in [3.8, 4) is 11.5 Å². The number of ether oxygens (including phenoxy) is 2. The molecule has 9 nitrogen and oxygen atoms in total. The van der Waals surface area contributed by atoms with Crippen molar-refractivity contribution >= 4 is 27.7 Å². The van der Waals surface area contributed by atoms with Crippen molar-refractivity contribution in [2.75, 3.05) is 20.8 Å². The van der Waals surface area contributed by atoms with Gasteiger partial charge in [0.05, 0.1) is 32.1 Å². The highest BCUT2D eigenvalue weighted by Gasteiger charge is 2.18. The average Bonchev–Trinajstić information content (AvgIpc) is 3.00. The maximum Gasteiger partial charge on any atom is 0.404 e. The summed E-state index contributed by atoms with van der Waals surface area (Å²) in [5.74, 6) is 0.876. The van der Waals surface area contributed by atoms with Crippen LogP contribution in [0, 0.1) is 10.1 Å². The van der Waals surface area contributed by atoms with Crippen molar-refractivity contribution < 1.29 is 19.2 Å². The molecule has 1 amide bonds. The van der Waals surface area contributed by atoms with Gasteiger partial charge < -0.3 is 24.9 Å². The highest BCUT2D eigenvalue weighted by atomic mass is 79.9. The van der Waals surface area contributed by atoms with Gasteiger partial charge in [-0.25, -0.2) is 0 Å². The van der Waals surface area contributed by atoms with Gasteiger partial charge in [-0.15, -0.1) is 0 Å². The number of hydrogen-bond acceptors (Lipinski definition) is 6. The summed E-state index contributed by atoms with van der Waals surface area (Å²) < 4.78 is 12.1. The zero-order valence-corrected chi connectivity index (χ0v) is 16.0. The summed E-state index contributed by atoms with van der Waals surface area (Å²) in [4.78, 5) is 22.1. The predicted molar refractivity (Wildman–Crippen MR) is 97.5 cm³/mol. The number of carbonyl (C=O) groups excluding carboxylic acids is 1. The molecular weight excluding hydrogens is 408 g/mol. The van der Waals surface area contributed by atoms with Gasteiger partial charge in [-0.3, -0.25) is 4.79 Å². The summed E-state index contributed by atoms with van der Waals surface area (Å²) in [5.41, 5.74) is 1.01. The van der Waals surface area contributed by atoms with Crippen LogP contribution in [0.2, 0.25) is 0 Å². The van der Waals surface area contributed by atoms with Crippen LogP contribution in [0.5, 0.6) is 11.5 Å². The molecule has 0 aliphatic heterocycles. The standard InChI is InChI=1S/C16H19BrN4O5/c1-25-13-4-3-11(9-14(13)26-2)5-7-18-15(22)6-8-20-10-12(17)16(19-20)21(23)24/h3-4,9-10H,5-8H2,1-2H3,(H,18,22). The normalized spacial score (nSPS) is 10.4. The highest BCUT2D eigenvalue weighted by Crippen LogP contribution is 2.27. The Morgan fingerprint density at radius 2 is 2.08 bits per heavy atom. The minimum atomic E-state index is -0.580. The van der Waals surface area contributed by atoms with E-state index < -0.39 is 4.92 Å². The lowest BCUT2D eigenvalue weighted by molar-refractivity contribution is -0.390. The van der Waals surface area contributed by atoms with E-state index in [1.54, 1.807) is 14.2 Å². The van der Waals surface area contributed by atoms with E-state index in [0.717, 1.165) is 5.56 Å². The minimum Gasteiger partial charge on any atom is -0.493 e. The first kappa shape index (κ1) is 19.7. The third kappa shape index (κ3) is 5.19. The van der Waals surface area contributed by atoms with Crippen LogP contribution >= 0.6 is 15.9 Å². The molecule has 0 radical (unpaired) electrons. The SMILES string of the molecule is COc1ccc(CCNC(=O)CCn2cc(Br)c([N+](=O)[O-])n2)cc1OC. The lowest BCUT2D eigenvalue weighted by atomic mass is 10.1. The second kappa shape index (κ2) is 9.18. The molecular formula is C16H19BrN4O5. The number of hydrogen-bond donors (Lipinski definition) is 1. The van der Waals surface area contributed by atoms with Gasteiger partial charge in [-0.2, -0.15) is 4.68 Å². The van der Waals surface area contributed by atoms with Crippen LogP contribution in [-0.4, -0.2) is 41.4 Å². The number of nitro groups is 1. The van der Waals surface area contributed by atoms with E-state index in [9.17, 15) is 14.9 Å². The fourth-order valence-corrected chi connectivity index (χ4v) is 2.77. The number of benzene rings is 1. The molecule has 1 aromatic heterocycles. The van der Waals surface area contributed by atoms with Crippen molar-refractivity contribution in [2.45, 2.75) is 19.4 Å². The quantitative estimate of drug-likeness (QED) is 0.486. The molecule has 26 heavy (non-hydrogen) atoms. The maximum absolute atomic E-state index is 11.9. The van der Waals surface area contributed by atoms with Crippen LogP contribution in [0.4, 0.5) is 5.82 Å². The van der Waals surface area contributed by atoms with Gasteiger partial charge in [0.25, 0.3) is 0 Å². The molecule has 2 rings (SSSR count). The summed E-state index contributed by atoms with van der Waals surface area (Å²) in [7, 11) is 3.14. The molecule has 140 valence electrons. The summed E-state index contributed by atoms with van der Waals surface area (Å²) in [6, 6.07) is 5.60. The topological polar surface area (TPSA) is 109 Å². The molecule has 1 N–H and O–H groups in total. The van der Waals surface area contributed by atoms with Gasteiger partial charge in [0.2, 0.25) is 5.91 Å². The molecule has 0 atom stereocenters. The number of nitrogens with one attached hydrogen (secondary N) is 1. The van der Waals surface area contributed by atoms with Crippen LogP contribution < -0.4 is 14.8 Å². The van der Waals surface area contributed by atoms with E-state index in [1.807, 2.05) is 18.2 Å². The van der Waals surface area contributed by atoms with Gasteiger partial charge in [0.1, 0.15) is 4.47 Å². The van der Waals surface area contributed by atoms with Crippen LogP contribution in [0.25, 0.3) is 0 Å². The summed E-state index contributed by atoms with van der Waals surface area (Å²) in [5, 5.41) is 17.4. The van der Waals surface area contributed by atoms with Crippen molar-refractivity contribution in [3.05, 3.63) is 44.5 Å². The largest absolute Gasteiger partial charge is 0.493 e. The molecule has 2 aromatic rings. The van der Waals surface area contributed by atoms with Gasteiger partial charge in [-0.05, 0) is 45.0 Å². The number of aryl methyl sites for hydroxylation is 1. The van der Waals surface area contributed by atoms with Crippen LogP contribution in [-0.2, 0) is 17.8 Å². The van der Waals surface area contributed by atoms with E-state index >= 15 is 0 Å². The van der Waals surface area contributed by atoms with E-state index in [2.05, 4.69) is 26.3 Å². The molecule has 0 saturated carbocycles. The van der Waals surface area contributed by atoms with E-state index in [4.69, 9.17) is 9.47 Å². The number of nitrogens with zero attached hydrogens (tertiary/aromatic N) is 3. The first-order chi connectivity index (χ1) is 12.4. The predicted octanol–water partition coefficient (Wildman–Crippen LogP) is 2.32. The number of rotatable bonds is 9. The fourth-order valence-electron chi connectivity index (χ4n) is 2.31. The molecule has 0 aliphatic carbocycles. The molecule has 0 aliphatic rings. The average molecular weight is 427 g/mol. The zero-order chi connectivity index (χ0) is 19.1. The first-order valence-corrected chi connectivity index (χ1v) is 8.59. The molecule has 0 spiro atoms. The number of amides is 1. The molecule has 0 unspecified atom stereocenters. The second-order valence-corrected chi connectivity index (χ2v) is 6.21. The molecule has 0 saturated heterocycles. The first-order valence-electron chi connectivity index (χ1n) is 7.79. The monoisotopic (exact) mass is 426 g/mol. The van der Waals surface area contributed by atoms with Crippen LogP contribution in [0.1, 0.15) is 12.0 Å². The Bertz CT molecular complexity index is 793. The highest BCUT2D eigenvalue weighted by molar-refractivity contribution is 9.10. The number of carbonyl (C=O) groups is 1. The Kier molecular flexibility index (Phi) is 6.96. The number of aromatic nitrogens is 2. The third-order valence-electron chi connectivity index (χ3n) is 3.62. The summed E-state index contributed by atoms with van der Waals surface area (Å²) in [6.07, 6.45) is 2.30. The zero-order valence-electron chi connectivity index (χ0n) is 14.4. The maximum atomic E-state index is 11.9.